The Bertz CT molecular complexity index is 210. The highest BCUT2D eigenvalue weighted by Gasteiger charge is 2.22. The first-order chi connectivity index (χ1) is 6.19. The van der Waals surface area contributed by atoms with Crippen molar-refractivity contribution in [2.75, 3.05) is 13.7 Å². The lowest BCUT2D eigenvalue weighted by molar-refractivity contribution is 0.0935. The van der Waals surface area contributed by atoms with Crippen LogP contribution in [-0.4, -0.2) is 29.9 Å². The van der Waals surface area contributed by atoms with E-state index in [9.17, 15) is 0 Å². The van der Waals surface area contributed by atoms with Crippen LogP contribution in [0.2, 0.25) is 0 Å². The Morgan fingerprint density at radius 1 is 1.69 bits per heavy atom. The molecule has 74 valence electrons. The van der Waals surface area contributed by atoms with Gasteiger partial charge in [0.1, 0.15) is 6.17 Å². The largest absolute Gasteiger partial charge is 0.291 e. The van der Waals surface area contributed by atoms with Crippen LogP contribution in [0, 0.1) is 0 Å². The summed E-state index contributed by atoms with van der Waals surface area (Å²) in [5.41, 5.74) is 1.38. The molecule has 1 atom stereocenters. The van der Waals surface area contributed by atoms with E-state index >= 15 is 0 Å². The van der Waals surface area contributed by atoms with Gasteiger partial charge in [-0.1, -0.05) is 25.2 Å². The lowest BCUT2D eigenvalue weighted by atomic mass is 10.2. The monoisotopic (exact) mass is 181 g/mol. The number of allylic oxidation sites excluding steroid dienone is 1. The summed E-state index contributed by atoms with van der Waals surface area (Å²) < 4.78 is 0. The van der Waals surface area contributed by atoms with Crippen LogP contribution in [0.4, 0.5) is 0 Å². The molecular weight excluding hydrogens is 162 g/mol. The van der Waals surface area contributed by atoms with Gasteiger partial charge in [-0.05, 0) is 13.3 Å². The molecule has 1 heterocycles. The van der Waals surface area contributed by atoms with E-state index in [2.05, 4.69) is 49.0 Å². The van der Waals surface area contributed by atoms with Crippen LogP contribution in [0.3, 0.4) is 0 Å². The molecular formula is C10H19N3. The van der Waals surface area contributed by atoms with Gasteiger partial charge in [-0.15, -0.1) is 0 Å². The molecule has 0 aliphatic carbocycles. The number of hydrogen-bond donors (Lipinski definition) is 1. The molecule has 1 saturated heterocycles. The minimum absolute atomic E-state index is 0.242. The second kappa shape index (κ2) is 4.44. The van der Waals surface area contributed by atoms with E-state index in [1.54, 1.807) is 0 Å². The van der Waals surface area contributed by atoms with E-state index in [-0.39, 0.29) is 6.17 Å². The molecule has 0 aromatic carbocycles. The SMILES string of the molecule is C=CC1NCN(C)N1/C=C(/C)CC. The van der Waals surface area contributed by atoms with Gasteiger partial charge in [0.05, 0.1) is 6.67 Å². The number of rotatable bonds is 3. The van der Waals surface area contributed by atoms with Crippen LogP contribution in [0.1, 0.15) is 20.3 Å². The lowest BCUT2D eigenvalue weighted by Crippen LogP contribution is -2.34. The number of nitrogens with zero attached hydrogens (tertiary/aromatic N) is 2. The van der Waals surface area contributed by atoms with Gasteiger partial charge in [0.15, 0.2) is 0 Å². The van der Waals surface area contributed by atoms with Gasteiger partial charge in [-0.3, -0.25) is 10.3 Å². The molecule has 0 amide bonds. The van der Waals surface area contributed by atoms with Crippen LogP contribution < -0.4 is 5.32 Å². The van der Waals surface area contributed by atoms with Gasteiger partial charge in [0.25, 0.3) is 0 Å². The number of nitrogens with one attached hydrogen (secondary N) is 1. The summed E-state index contributed by atoms with van der Waals surface area (Å²) in [5.74, 6) is 0. The molecule has 0 aromatic heterocycles. The smallest absolute Gasteiger partial charge is 0.114 e. The predicted octanol–water partition coefficient (Wildman–Crippen LogP) is 1.52. The Morgan fingerprint density at radius 2 is 2.38 bits per heavy atom. The maximum Gasteiger partial charge on any atom is 0.114 e. The lowest BCUT2D eigenvalue weighted by Gasteiger charge is -2.25. The van der Waals surface area contributed by atoms with Crippen LogP contribution in [0.25, 0.3) is 0 Å². The van der Waals surface area contributed by atoms with Gasteiger partial charge in [-0.2, -0.15) is 0 Å². The van der Waals surface area contributed by atoms with Crippen LogP contribution >= 0.6 is 0 Å². The van der Waals surface area contributed by atoms with E-state index in [0.717, 1.165) is 13.1 Å². The first-order valence-corrected chi connectivity index (χ1v) is 4.71. The maximum atomic E-state index is 3.80. The summed E-state index contributed by atoms with van der Waals surface area (Å²) in [6.07, 6.45) is 5.43. The first kappa shape index (κ1) is 10.3. The zero-order valence-corrected chi connectivity index (χ0v) is 8.75. The highest BCUT2D eigenvalue weighted by Crippen LogP contribution is 2.12. The van der Waals surface area contributed by atoms with Gasteiger partial charge >= 0.3 is 0 Å². The van der Waals surface area contributed by atoms with Crippen LogP contribution in [0.5, 0.6) is 0 Å². The Morgan fingerprint density at radius 3 is 2.92 bits per heavy atom. The highest BCUT2D eigenvalue weighted by molar-refractivity contribution is 5.01. The van der Waals surface area contributed by atoms with Crippen LogP contribution in [-0.2, 0) is 0 Å². The third kappa shape index (κ3) is 2.32. The normalized spacial score (nSPS) is 25.3. The van der Waals surface area contributed by atoms with Gasteiger partial charge in [-0.25, -0.2) is 5.01 Å². The van der Waals surface area contributed by atoms with E-state index in [0.29, 0.717) is 0 Å². The summed E-state index contributed by atoms with van der Waals surface area (Å²) in [4.78, 5) is 0. The van der Waals surface area contributed by atoms with Crippen molar-refractivity contribution in [2.45, 2.75) is 26.4 Å². The summed E-state index contributed by atoms with van der Waals surface area (Å²) in [6.45, 7) is 8.99. The highest BCUT2D eigenvalue weighted by atomic mass is 15.7. The van der Waals surface area contributed by atoms with Gasteiger partial charge in [0, 0.05) is 13.2 Å². The Kier molecular flexibility index (Phi) is 3.51. The topological polar surface area (TPSA) is 18.5 Å². The van der Waals surface area contributed by atoms with Crippen molar-refractivity contribution in [3.8, 4) is 0 Å². The van der Waals surface area contributed by atoms with Crippen molar-refractivity contribution in [3.63, 3.8) is 0 Å². The fourth-order valence-electron chi connectivity index (χ4n) is 1.30. The fraction of sp³-hybridized carbons (Fsp3) is 0.600. The average Bonchev–Trinajstić information content (AvgIpc) is 2.48. The molecule has 1 aliphatic rings. The molecule has 0 spiro atoms. The molecule has 1 unspecified atom stereocenters. The van der Waals surface area contributed by atoms with Gasteiger partial charge in [0.2, 0.25) is 0 Å². The zero-order chi connectivity index (χ0) is 9.84. The minimum Gasteiger partial charge on any atom is -0.291 e. The second-order valence-corrected chi connectivity index (χ2v) is 3.41. The van der Waals surface area contributed by atoms with Gasteiger partial charge < -0.3 is 0 Å². The fourth-order valence-corrected chi connectivity index (χ4v) is 1.30. The van der Waals surface area contributed by atoms with Crippen molar-refractivity contribution >= 4 is 0 Å². The third-order valence-corrected chi connectivity index (χ3v) is 2.34. The summed E-state index contributed by atoms with van der Waals surface area (Å²) in [6, 6.07) is 0. The molecule has 1 rings (SSSR count). The molecule has 1 fully saturated rings. The molecule has 0 radical (unpaired) electrons. The maximum absolute atomic E-state index is 3.80. The first-order valence-electron chi connectivity index (χ1n) is 4.71. The standard InChI is InChI=1S/C10H19N3/c1-5-9(3)7-13-10(6-2)11-8-12(13)4/h6-7,10-11H,2,5,8H2,1,3-4H3/b9-7-. The molecule has 0 aromatic rings. The summed E-state index contributed by atoms with van der Waals surface area (Å²) in [5, 5.41) is 7.64. The van der Waals surface area contributed by atoms with Crippen LogP contribution in [0.15, 0.2) is 24.4 Å². The molecule has 1 aliphatic heterocycles. The third-order valence-electron chi connectivity index (χ3n) is 2.34. The van der Waals surface area contributed by atoms with Crippen molar-refractivity contribution in [1.82, 2.24) is 15.3 Å². The molecule has 3 heteroatoms. The number of hydrogen-bond acceptors (Lipinski definition) is 3. The Balaban J connectivity index is 2.69. The van der Waals surface area contributed by atoms with E-state index in [4.69, 9.17) is 0 Å². The van der Waals surface area contributed by atoms with Crippen molar-refractivity contribution in [1.29, 1.82) is 0 Å². The number of hydrazine groups is 1. The van der Waals surface area contributed by atoms with E-state index in [1.807, 2.05) is 6.08 Å². The van der Waals surface area contributed by atoms with Crippen molar-refractivity contribution in [3.05, 3.63) is 24.4 Å². The zero-order valence-electron chi connectivity index (χ0n) is 8.75. The predicted molar refractivity (Wildman–Crippen MR) is 55.6 cm³/mol. The summed E-state index contributed by atoms with van der Waals surface area (Å²) in [7, 11) is 2.07. The van der Waals surface area contributed by atoms with Crippen molar-refractivity contribution in [2.24, 2.45) is 0 Å². The minimum atomic E-state index is 0.242. The quantitative estimate of drug-likeness (QED) is 0.666. The molecule has 1 N–H and O–H groups in total. The van der Waals surface area contributed by atoms with E-state index in [1.165, 1.54) is 5.57 Å². The molecule has 0 bridgehead atoms. The Hall–Kier alpha value is -0.800. The molecule has 0 saturated carbocycles. The summed E-state index contributed by atoms with van der Waals surface area (Å²) >= 11 is 0. The second-order valence-electron chi connectivity index (χ2n) is 3.41. The average molecular weight is 181 g/mol. The molecule has 3 nitrogen and oxygen atoms in total. The molecule has 13 heavy (non-hydrogen) atoms. The Labute approximate surface area is 80.7 Å². The van der Waals surface area contributed by atoms with E-state index < -0.39 is 0 Å². The van der Waals surface area contributed by atoms with Crippen molar-refractivity contribution < 1.29 is 0 Å².